The van der Waals surface area contributed by atoms with Crippen LogP contribution in [0.3, 0.4) is 0 Å². The van der Waals surface area contributed by atoms with Gasteiger partial charge in [-0.25, -0.2) is 0 Å². The molecular formula is C17H28O2. The van der Waals surface area contributed by atoms with Crippen LogP contribution in [0, 0.1) is 6.92 Å². The van der Waals surface area contributed by atoms with E-state index in [1.54, 1.807) is 5.56 Å². The highest BCUT2D eigenvalue weighted by molar-refractivity contribution is 5.72. The molecule has 0 spiro atoms. The van der Waals surface area contributed by atoms with Gasteiger partial charge < -0.3 is 9.90 Å². The molecule has 2 heteroatoms. The average molecular weight is 264 g/mol. The highest BCUT2D eigenvalue weighted by Crippen LogP contribution is 2.16. The molecule has 1 aromatic rings. The molecule has 0 aliphatic rings. The number of aliphatic hydroxyl groups is 1. The summed E-state index contributed by atoms with van der Waals surface area (Å²) in [5, 5.41) is 7.33. The van der Waals surface area contributed by atoms with Crippen molar-refractivity contribution in [2.45, 2.75) is 53.9 Å². The minimum atomic E-state index is 0.167. The number of benzene rings is 1. The van der Waals surface area contributed by atoms with Gasteiger partial charge in [-0.1, -0.05) is 45.0 Å². The van der Waals surface area contributed by atoms with Crippen molar-refractivity contribution in [1.29, 1.82) is 0 Å². The molecule has 0 radical (unpaired) electrons. The second kappa shape index (κ2) is 12.9. The topological polar surface area (TPSA) is 37.3 Å². The SMILES string of the molecule is C=CO.CC(C)=O.CCCc1c(C)cccc1CC. The van der Waals surface area contributed by atoms with Crippen molar-refractivity contribution in [3.05, 3.63) is 47.7 Å². The van der Waals surface area contributed by atoms with Gasteiger partial charge in [0.05, 0.1) is 6.26 Å². The van der Waals surface area contributed by atoms with Gasteiger partial charge in [0.25, 0.3) is 0 Å². The van der Waals surface area contributed by atoms with Crippen molar-refractivity contribution in [1.82, 2.24) is 0 Å². The quantitative estimate of drug-likeness (QED) is 0.797. The summed E-state index contributed by atoms with van der Waals surface area (Å²) >= 11 is 0. The van der Waals surface area contributed by atoms with Crippen LogP contribution in [0.25, 0.3) is 0 Å². The van der Waals surface area contributed by atoms with Gasteiger partial charge in [0.2, 0.25) is 0 Å². The number of aliphatic hydroxyl groups excluding tert-OH is 1. The van der Waals surface area contributed by atoms with Gasteiger partial charge in [-0.05, 0) is 50.3 Å². The van der Waals surface area contributed by atoms with Crippen LogP contribution in [-0.4, -0.2) is 10.9 Å². The van der Waals surface area contributed by atoms with Crippen molar-refractivity contribution in [2.24, 2.45) is 0 Å². The molecule has 0 aliphatic heterocycles. The van der Waals surface area contributed by atoms with Gasteiger partial charge in [-0.2, -0.15) is 0 Å². The van der Waals surface area contributed by atoms with Gasteiger partial charge >= 0.3 is 0 Å². The van der Waals surface area contributed by atoms with Crippen LogP contribution in [0.5, 0.6) is 0 Å². The molecule has 0 saturated carbocycles. The predicted octanol–water partition coefficient (Wildman–Crippen LogP) is 4.79. The van der Waals surface area contributed by atoms with E-state index in [1.165, 1.54) is 37.8 Å². The van der Waals surface area contributed by atoms with Crippen molar-refractivity contribution >= 4 is 5.78 Å². The van der Waals surface area contributed by atoms with E-state index in [9.17, 15) is 4.79 Å². The zero-order valence-corrected chi connectivity index (χ0v) is 13.0. The first-order valence-electron chi connectivity index (χ1n) is 6.74. The lowest BCUT2D eigenvalue weighted by molar-refractivity contribution is -0.114. The number of carbonyl (C=O) groups is 1. The van der Waals surface area contributed by atoms with E-state index in [1.807, 2.05) is 0 Å². The summed E-state index contributed by atoms with van der Waals surface area (Å²) in [7, 11) is 0. The molecule has 0 unspecified atom stereocenters. The van der Waals surface area contributed by atoms with Crippen molar-refractivity contribution in [3.8, 4) is 0 Å². The summed E-state index contributed by atoms with van der Waals surface area (Å²) in [6.07, 6.45) is 4.39. The summed E-state index contributed by atoms with van der Waals surface area (Å²) < 4.78 is 0. The van der Waals surface area contributed by atoms with Crippen molar-refractivity contribution < 1.29 is 9.90 Å². The Bertz CT molecular complexity index is 364. The molecule has 1 aromatic carbocycles. The number of carbonyl (C=O) groups excluding carboxylic acids is 1. The van der Waals surface area contributed by atoms with Gasteiger partial charge in [0.15, 0.2) is 0 Å². The summed E-state index contributed by atoms with van der Waals surface area (Å²) in [5.41, 5.74) is 4.55. The van der Waals surface area contributed by atoms with Crippen LogP contribution in [-0.2, 0) is 17.6 Å². The van der Waals surface area contributed by atoms with E-state index in [-0.39, 0.29) is 5.78 Å². The first-order valence-corrected chi connectivity index (χ1v) is 6.74. The zero-order valence-electron chi connectivity index (χ0n) is 13.0. The molecule has 1 N–H and O–H groups in total. The Kier molecular flexibility index (Phi) is 13.4. The third-order valence-electron chi connectivity index (χ3n) is 2.39. The smallest absolute Gasteiger partial charge is 0.126 e. The Balaban J connectivity index is 0. The first kappa shape index (κ1) is 19.8. The Morgan fingerprint density at radius 1 is 1.32 bits per heavy atom. The predicted molar refractivity (Wildman–Crippen MR) is 83.7 cm³/mol. The fourth-order valence-electron chi connectivity index (χ4n) is 1.70. The number of ketones is 1. The van der Waals surface area contributed by atoms with E-state index in [0.717, 1.165) is 12.7 Å². The van der Waals surface area contributed by atoms with Crippen LogP contribution in [0.1, 0.15) is 50.8 Å². The maximum atomic E-state index is 9.44. The lowest BCUT2D eigenvalue weighted by atomic mass is 9.97. The number of rotatable bonds is 3. The Morgan fingerprint density at radius 3 is 2.16 bits per heavy atom. The van der Waals surface area contributed by atoms with E-state index in [4.69, 9.17) is 5.11 Å². The third-order valence-corrected chi connectivity index (χ3v) is 2.39. The Hall–Kier alpha value is -1.57. The van der Waals surface area contributed by atoms with Crippen LogP contribution >= 0.6 is 0 Å². The standard InChI is InChI=1S/C12H18.C3H6O.C2H4O/c1-4-7-12-10(3)8-6-9-11(12)5-2;1-3(2)4;1-2-3/h6,8-9H,4-5,7H2,1-3H3;1-2H3;2-3H,1H2. The van der Waals surface area contributed by atoms with Gasteiger partial charge in [0.1, 0.15) is 5.78 Å². The second-order valence-corrected chi connectivity index (χ2v) is 4.41. The van der Waals surface area contributed by atoms with E-state index >= 15 is 0 Å². The molecule has 0 aliphatic carbocycles. The average Bonchev–Trinajstić information content (AvgIpc) is 2.32. The fourth-order valence-corrected chi connectivity index (χ4v) is 1.70. The molecule has 0 aromatic heterocycles. The van der Waals surface area contributed by atoms with Gasteiger partial charge in [-0.3, -0.25) is 0 Å². The molecule has 0 fully saturated rings. The monoisotopic (exact) mass is 264 g/mol. The molecule has 1 rings (SSSR count). The highest BCUT2D eigenvalue weighted by atomic mass is 16.2. The third kappa shape index (κ3) is 11.3. The van der Waals surface area contributed by atoms with Crippen LogP contribution in [0.15, 0.2) is 31.0 Å². The summed E-state index contributed by atoms with van der Waals surface area (Å²) in [5.74, 6) is 0.167. The number of hydrogen-bond acceptors (Lipinski definition) is 2. The maximum absolute atomic E-state index is 9.44. The largest absolute Gasteiger partial charge is 0.516 e. The molecule has 0 bridgehead atoms. The Morgan fingerprint density at radius 2 is 1.79 bits per heavy atom. The fraction of sp³-hybridized carbons (Fsp3) is 0.471. The highest BCUT2D eigenvalue weighted by Gasteiger charge is 2.01. The van der Waals surface area contributed by atoms with Gasteiger partial charge in [0, 0.05) is 0 Å². The first-order chi connectivity index (χ1) is 8.94. The summed E-state index contributed by atoms with van der Waals surface area (Å²) in [6, 6.07) is 6.62. The van der Waals surface area contributed by atoms with Crippen molar-refractivity contribution in [3.63, 3.8) is 0 Å². The molecule has 0 heterocycles. The second-order valence-electron chi connectivity index (χ2n) is 4.41. The molecule has 19 heavy (non-hydrogen) atoms. The molecular weight excluding hydrogens is 236 g/mol. The lowest BCUT2D eigenvalue weighted by Crippen LogP contribution is -1.95. The van der Waals surface area contributed by atoms with E-state index < -0.39 is 0 Å². The Labute approximate surface area is 118 Å². The van der Waals surface area contributed by atoms with Crippen LogP contribution < -0.4 is 0 Å². The summed E-state index contributed by atoms with van der Waals surface area (Å²) in [4.78, 5) is 9.44. The van der Waals surface area contributed by atoms with Crippen LogP contribution in [0.4, 0.5) is 0 Å². The molecule has 0 saturated heterocycles. The molecule has 2 nitrogen and oxygen atoms in total. The number of hydrogen-bond donors (Lipinski definition) is 1. The van der Waals surface area contributed by atoms with E-state index in [0.29, 0.717) is 0 Å². The van der Waals surface area contributed by atoms with E-state index in [2.05, 4.69) is 45.5 Å². The van der Waals surface area contributed by atoms with Gasteiger partial charge in [-0.15, -0.1) is 0 Å². The lowest BCUT2D eigenvalue weighted by Gasteiger charge is -2.09. The minimum absolute atomic E-state index is 0.167. The van der Waals surface area contributed by atoms with Crippen molar-refractivity contribution in [2.75, 3.05) is 0 Å². The minimum Gasteiger partial charge on any atom is -0.516 e. The molecule has 0 amide bonds. The summed E-state index contributed by atoms with van der Waals surface area (Å²) in [6.45, 7) is 12.7. The normalized spacial score (nSPS) is 8.47. The van der Waals surface area contributed by atoms with Crippen LogP contribution in [0.2, 0.25) is 0 Å². The zero-order chi connectivity index (χ0) is 15.3. The number of Topliss-reactive ketones (excluding diaryl/α,β-unsaturated/α-hetero) is 1. The maximum Gasteiger partial charge on any atom is 0.126 e. The molecule has 108 valence electrons. The number of aryl methyl sites for hydroxylation is 2. The molecule has 0 atom stereocenters.